The van der Waals surface area contributed by atoms with Gasteiger partial charge in [-0.25, -0.2) is 0 Å². The minimum atomic E-state index is 0. The molecule has 390 valence electrons. The summed E-state index contributed by atoms with van der Waals surface area (Å²) in [6.07, 6.45) is 0. The van der Waals surface area contributed by atoms with Crippen molar-refractivity contribution in [2.24, 2.45) is 59.2 Å². The molecular weight excluding hydrogens is 892 g/mol. The van der Waals surface area contributed by atoms with Crippen molar-refractivity contribution in [3.05, 3.63) is 72.5 Å². The van der Waals surface area contributed by atoms with Gasteiger partial charge in [0, 0.05) is 98.1 Å². The van der Waals surface area contributed by atoms with Gasteiger partial charge in [-0.2, -0.15) is 0 Å². The second-order valence-electron chi connectivity index (χ2n) is 19.9. The van der Waals surface area contributed by atoms with Crippen LogP contribution in [0, 0.1) is 74.0 Å². The van der Waals surface area contributed by atoms with E-state index in [1.165, 1.54) is 11.1 Å². The molecule has 0 unspecified atom stereocenters. The number of rotatable bonds is 11. The molecule has 6 N–H and O–H groups in total. The fourth-order valence-electron chi connectivity index (χ4n) is 9.34. The third kappa shape index (κ3) is 24.4. The first-order chi connectivity index (χ1) is 28.9. The van der Waals surface area contributed by atoms with E-state index in [0.29, 0.717) is 35.2 Å². The van der Waals surface area contributed by atoms with Gasteiger partial charge in [-0.3, -0.25) is 0 Å². The van der Waals surface area contributed by atoms with E-state index in [9.17, 15) is 10.2 Å². The summed E-state index contributed by atoms with van der Waals surface area (Å²) < 4.78 is 0. The Morgan fingerprint density at radius 1 is 0.364 bits per heavy atom. The van der Waals surface area contributed by atoms with Crippen molar-refractivity contribution in [3.63, 3.8) is 0 Å². The number of aromatic hydroxyl groups is 2. The molecule has 2 aromatic rings. The number of phenolic OH excluding ortho intramolecular Hbond substituents is 2. The van der Waals surface area contributed by atoms with Gasteiger partial charge in [0.25, 0.3) is 0 Å². The molecule has 2 saturated carbocycles. The molecule has 0 amide bonds. The second kappa shape index (κ2) is 40.9. The third-order valence-electron chi connectivity index (χ3n) is 15.0. The monoisotopic (exact) mass is 1000 g/mol. The first kappa shape index (κ1) is 79.4. The Kier molecular flexibility index (Phi) is 49.2. The number of phenols is 2. The Labute approximate surface area is 441 Å². The zero-order chi connectivity index (χ0) is 49.5. The smallest absolute Gasteiger partial charge is 0.122 e. The van der Waals surface area contributed by atoms with E-state index >= 15 is 0 Å². The summed E-state index contributed by atoms with van der Waals surface area (Å²) in [6, 6.07) is 8.68. The van der Waals surface area contributed by atoms with Gasteiger partial charge in [-0.05, 0) is 130 Å². The third-order valence-corrected chi connectivity index (χ3v) is 15.0. The zero-order valence-corrected chi connectivity index (χ0v) is 50.9. The van der Waals surface area contributed by atoms with Gasteiger partial charge in [0.05, 0.1) is 0 Å². The first-order valence-corrected chi connectivity index (χ1v) is 23.8. The Bertz CT molecular complexity index is 1200. The number of aliphatic hydroxyl groups is 4. The molecule has 0 heterocycles. The van der Waals surface area contributed by atoms with Crippen molar-refractivity contribution in [3.8, 4) is 11.5 Å². The van der Waals surface area contributed by atoms with Gasteiger partial charge in [0.15, 0.2) is 0 Å². The Morgan fingerprint density at radius 3 is 0.621 bits per heavy atom. The molecule has 2 aliphatic carbocycles. The molecule has 0 saturated heterocycles. The molecular formula is C56H110N2O6Ti2-2. The number of hydrogen-bond donors (Lipinski definition) is 6. The standard InChI is InChI=1S/C30H48N2O2.2C10H20.4CH4O.2CH3.2Ti/c1-19(2)25-13-23(14-26(20(3)4)29(25)33)17-31(9)11-12-32(10)18-24-15-27(21(5)6)30(34)28(16-24)22(7)8;2*1-6-7(2)9(4)10(5)8(6)3;4*1-2;;;;/h13-16,19-22,33-34H,11-12,17-18H2,1-10H3;2*6-10H,1-5H3;4*2H,1H3;2*1H3;;/q;;;;;;;2*-1;;. The number of nitrogens with zero attached hydrogens (tertiary/aromatic N) is 2. The van der Waals surface area contributed by atoms with Crippen LogP contribution in [0.15, 0.2) is 24.3 Å². The predicted molar refractivity (Wildman–Crippen MR) is 282 cm³/mol. The van der Waals surface area contributed by atoms with Crippen LogP contribution in [0.3, 0.4) is 0 Å². The Hall–Kier alpha value is -0.771. The summed E-state index contributed by atoms with van der Waals surface area (Å²) in [7, 11) is 8.33. The van der Waals surface area contributed by atoms with Crippen LogP contribution in [0.1, 0.15) is 182 Å². The normalized spacial score (nSPS) is 23.5. The van der Waals surface area contributed by atoms with Crippen LogP contribution in [0.25, 0.3) is 0 Å². The van der Waals surface area contributed by atoms with E-state index < -0.39 is 0 Å². The van der Waals surface area contributed by atoms with Gasteiger partial charge in [0.2, 0.25) is 0 Å². The fraction of sp³-hybridized carbons (Fsp3) is 0.750. The minimum absolute atomic E-state index is 0. The molecule has 10 heteroatoms. The largest absolute Gasteiger partial charge is 0.507 e. The van der Waals surface area contributed by atoms with E-state index in [1.54, 1.807) is 0 Å². The predicted octanol–water partition coefficient (Wildman–Crippen LogP) is 12.8. The van der Waals surface area contributed by atoms with Crippen LogP contribution in [-0.4, -0.2) is 96.1 Å². The minimum Gasteiger partial charge on any atom is -0.507 e. The average molecular weight is 1000 g/mol. The van der Waals surface area contributed by atoms with Crippen LogP contribution in [0.5, 0.6) is 11.5 Å². The average Bonchev–Trinajstić information content (AvgIpc) is 3.52. The van der Waals surface area contributed by atoms with E-state index in [0.717, 1.165) is 136 Å². The fourth-order valence-corrected chi connectivity index (χ4v) is 9.34. The summed E-state index contributed by atoms with van der Waals surface area (Å²) in [5.74, 6) is 11.5. The van der Waals surface area contributed by atoms with Crippen molar-refractivity contribution in [2.45, 2.75) is 161 Å². The summed E-state index contributed by atoms with van der Waals surface area (Å²) in [4.78, 5) is 4.71. The molecule has 0 aromatic heterocycles. The second-order valence-corrected chi connectivity index (χ2v) is 19.9. The molecule has 8 nitrogen and oxygen atoms in total. The van der Waals surface area contributed by atoms with Gasteiger partial charge in [-0.15, -0.1) is 0 Å². The van der Waals surface area contributed by atoms with E-state index in [1.807, 2.05) is 0 Å². The maximum atomic E-state index is 10.7. The molecule has 0 atom stereocenters. The number of aliphatic hydroxyl groups excluding tert-OH is 4. The first-order valence-electron chi connectivity index (χ1n) is 23.8. The van der Waals surface area contributed by atoms with Crippen molar-refractivity contribution in [1.82, 2.24) is 9.80 Å². The summed E-state index contributed by atoms with van der Waals surface area (Å²) in [5, 5.41) is 49.4. The molecule has 4 rings (SSSR count). The van der Waals surface area contributed by atoms with Gasteiger partial charge in [-0.1, -0.05) is 149 Å². The molecule has 0 radical (unpaired) electrons. The van der Waals surface area contributed by atoms with Crippen LogP contribution < -0.4 is 0 Å². The van der Waals surface area contributed by atoms with E-state index in [2.05, 4.69) is 173 Å². The zero-order valence-electron chi connectivity index (χ0n) is 47.8. The van der Waals surface area contributed by atoms with Gasteiger partial charge in [0.1, 0.15) is 11.5 Å². The van der Waals surface area contributed by atoms with E-state index in [4.69, 9.17) is 20.4 Å². The number of likely N-dealkylation sites (N-methyl/N-ethyl adjacent to an activating group) is 2. The van der Waals surface area contributed by atoms with Crippen LogP contribution in [-0.2, 0) is 56.5 Å². The number of benzene rings is 2. The topological polar surface area (TPSA) is 128 Å². The maximum absolute atomic E-state index is 10.7. The Morgan fingerprint density at radius 2 is 0.500 bits per heavy atom. The maximum Gasteiger partial charge on any atom is 0.122 e. The van der Waals surface area contributed by atoms with Crippen molar-refractivity contribution < 1.29 is 74.1 Å². The van der Waals surface area contributed by atoms with Crippen molar-refractivity contribution in [1.29, 1.82) is 0 Å². The van der Waals surface area contributed by atoms with Crippen molar-refractivity contribution >= 4 is 0 Å². The summed E-state index contributed by atoms with van der Waals surface area (Å²) in [5.41, 5.74) is 6.69. The molecule has 2 aromatic carbocycles. The van der Waals surface area contributed by atoms with Crippen LogP contribution in [0.2, 0.25) is 0 Å². The summed E-state index contributed by atoms with van der Waals surface area (Å²) >= 11 is 0. The van der Waals surface area contributed by atoms with E-state index in [-0.39, 0.29) is 58.3 Å². The Balaban J connectivity index is -0.000000179. The molecule has 0 bridgehead atoms. The molecule has 2 aliphatic rings. The molecule has 66 heavy (non-hydrogen) atoms. The quantitative estimate of drug-likeness (QED) is 0.0971. The van der Waals surface area contributed by atoms with Crippen LogP contribution >= 0.6 is 0 Å². The molecule has 2 fully saturated rings. The van der Waals surface area contributed by atoms with Crippen molar-refractivity contribution in [2.75, 3.05) is 55.6 Å². The summed E-state index contributed by atoms with van der Waals surface area (Å²) in [6.45, 7) is 44.7. The SMILES string of the molecule is CC(C)c1cc(CN(C)CCN(C)Cc2cc(C(C)C)c(O)c(C(C)C)c2)cc(C(C)C)c1O.CC1C(C)C(C)C(C)C1C.CC1C(C)C(C)C(C)C1C.CO.CO.CO.CO.[CH3-].[CH3-].[Ti].[Ti]. The van der Waals surface area contributed by atoms with Gasteiger partial charge >= 0.3 is 0 Å². The molecule has 0 aliphatic heterocycles. The van der Waals surface area contributed by atoms with Gasteiger partial charge < -0.3 is 55.3 Å². The molecule has 0 spiro atoms. The van der Waals surface area contributed by atoms with Crippen LogP contribution in [0.4, 0.5) is 0 Å². The number of hydrogen-bond acceptors (Lipinski definition) is 8.